The Morgan fingerprint density at radius 3 is 3.08 bits per heavy atom. The summed E-state index contributed by atoms with van der Waals surface area (Å²) in [5.41, 5.74) is 0. The van der Waals surface area contributed by atoms with Gasteiger partial charge in [-0.1, -0.05) is 0 Å². The molecule has 2 N–H and O–H groups in total. The van der Waals surface area contributed by atoms with Crippen molar-refractivity contribution in [3.05, 3.63) is 0 Å². The Hall–Kier alpha value is -0.160. The van der Waals surface area contributed by atoms with E-state index in [1.54, 1.807) is 0 Å². The predicted molar refractivity (Wildman–Crippen MR) is 47.3 cm³/mol. The maximum Gasteiger partial charge on any atom is 0.173 e. The van der Waals surface area contributed by atoms with Crippen LogP contribution in [-0.4, -0.2) is 43.3 Å². The third kappa shape index (κ3) is 2.20. The average molecular weight is 187 g/mol. The van der Waals surface area contributed by atoms with Gasteiger partial charge in [-0.15, -0.1) is 0 Å². The molecule has 2 saturated heterocycles. The van der Waals surface area contributed by atoms with Gasteiger partial charge in [0.05, 0.1) is 18.8 Å². The third-order valence-corrected chi connectivity index (χ3v) is 2.65. The molecule has 0 aromatic heterocycles. The Balaban J connectivity index is 1.76. The second-order valence-electron chi connectivity index (χ2n) is 3.67. The molecule has 0 aliphatic carbocycles. The lowest BCUT2D eigenvalue weighted by molar-refractivity contribution is -0.0794. The number of aliphatic hydroxyl groups is 1. The Kier molecular flexibility index (Phi) is 3.16. The summed E-state index contributed by atoms with van der Waals surface area (Å²) in [4.78, 5) is 0. The van der Waals surface area contributed by atoms with E-state index in [2.05, 4.69) is 5.32 Å². The van der Waals surface area contributed by atoms with Crippen LogP contribution in [-0.2, 0) is 9.47 Å². The molecule has 0 radical (unpaired) electrons. The van der Waals surface area contributed by atoms with Gasteiger partial charge in [-0.25, -0.2) is 0 Å². The van der Waals surface area contributed by atoms with Crippen LogP contribution in [0.3, 0.4) is 0 Å². The van der Waals surface area contributed by atoms with Gasteiger partial charge in [0.2, 0.25) is 0 Å². The van der Waals surface area contributed by atoms with Gasteiger partial charge in [-0.2, -0.15) is 0 Å². The number of nitrogens with one attached hydrogen (secondary N) is 1. The quantitative estimate of drug-likeness (QED) is 0.646. The first-order chi connectivity index (χ1) is 6.40. The van der Waals surface area contributed by atoms with Crippen molar-refractivity contribution >= 4 is 0 Å². The zero-order valence-corrected chi connectivity index (χ0v) is 7.74. The highest BCUT2D eigenvalue weighted by atomic mass is 16.7. The van der Waals surface area contributed by atoms with Crippen LogP contribution in [0.4, 0.5) is 0 Å². The van der Waals surface area contributed by atoms with Crippen LogP contribution >= 0.6 is 0 Å². The molecule has 4 heteroatoms. The molecule has 2 fully saturated rings. The second-order valence-corrected chi connectivity index (χ2v) is 3.67. The molecular weight excluding hydrogens is 170 g/mol. The van der Waals surface area contributed by atoms with Crippen molar-refractivity contribution in [2.45, 2.75) is 37.7 Å². The molecular formula is C9H17NO3. The summed E-state index contributed by atoms with van der Waals surface area (Å²) in [5.74, 6) is 0. The summed E-state index contributed by atoms with van der Waals surface area (Å²) < 4.78 is 11.1. The van der Waals surface area contributed by atoms with Crippen molar-refractivity contribution in [1.82, 2.24) is 5.32 Å². The topological polar surface area (TPSA) is 50.7 Å². The lowest BCUT2D eigenvalue weighted by Crippen LogP contribution is -2.35. The molecule has 2 aliphatic heterocycles. The summed E-state index contributed by atoms with van der Waals surface area (Å²) in [6.07, 6.45) is 3.04. The van der Waals surface area contributed by atoms with Crippen molar-refractivity contribution in [3.8, 4) is 0 Å². The molecule has 3 unspecified atom stereocenters. The van der Waals surface area contributed by atoms with E-state index in [9.17, 15) is 0 Å². The van der Waals surface area contributed by atoms with E-state index < -0.39 is 0 Å². The van der Waals surface area contributed by atoms with Gasteiger partial charge in [-0.05, 0) is 25.8 Å². The number of rotatable bonds is 3. The van der Waals surface area contributed by atoms with E-state index >= 15 is 0 Å². The Labute approximate surface area is 78.2 Å². The highest BCUT2D eigenvalue weighted by molar-refractivity contribution is 4.81. The molecule has 0 saturated carbocycles. The minimum Gasteiger partial charge on any atom is -0.396 e. The Morgan fingerprint density at radius 2 is 2.38 bits per heavy atom. The minimum atomic E-state index is -0.0842. The molecule has 0 bridgehead atoms. The highest BCUT2D eigenvalue weighted by Gasteiger charge is 2.33. The first-order valence-corrected chi connectivity index (χ1v) is 5.01. The molecule has 2 rings (SSSR count). The summed E-state index contributed by atoms with van der Waals surface area (Å²) in [7, 11) is 0. The molecule has 0 aromatic rings. The molecule has 0 spiro atoms. The lowest BCUT2D eigenvalue weighted by atomic mass is 10.2. The zero-order chi connectivity index (χ0) is 9.10. The van der Waals surface area contributed by atoms with Crippen LogP contribution in [0, 0.1) is 0 Å². The van der Waals surface area contributed by atoms with Gasteiger partial charge in [0.25, 0.3) is 0 Å². The first kappa shape index (κ1) is 9.40. The van der Waals surface area contributed by atoms with Gasteiger partial charge in [-0.3, -0.25) is 0 Å². The zero-order valence-electron chi connectivity index (χ0n) is 7.74. The van der Waals surface area contributed by atoms with Gasteiger partial charge in [0, 0.05) is 6.61 Å². The van der Waals surface area contributed by atoms with E-state index in [4.69, 9.17) is 14.6 Å². The van der Waals surface area contributed by atoms with Crippen LogP contribution < -0.4 is 5.32 Å². The lowest BCUT2D eigenvalue weighted by Gasteiger charge is -2.17. The van der Waals surface area contributed by atoms with Gasteiger partial charge in [0.1, 0.15) is 0 Å². The molecule has 0 aromatic carbocycles. The molecule has 76 valence electrons. The van der Waals surface area contributed by atoms with Crippen LogP contribution in [0.25, 0.3) is 0 Å². The van der Waals surface area contributed by atoms with E-state index in [0.717, 1.165) is 13.0 Å². The number of aliphatic hydroxyl groups excluding tert-OH is 1. The van der Waals surface area contributed by atoms with E-state index in [0.29, 0.717) is 19.1 Å². The smallest absolute Gasteiger partial charge is 0.173 e. The van der Waals surface area contributed by atoms with Crippen molar-refractivity contribution in [2.75, 3.05) is 19.8 Å². The van der Waals surface area contributed by atoms with Crippen molar-refractivity contribution in [1.29, 1.82) is 0 Å². The standard InChI is InChI=1S/C9H17NO3/c11-5-3-7-6-12-9(13-7)8-2-1-4-10-8/h7-11H,1-6H2. The van der Waals surface area contributed by atoms with Gasteiger partial charge in [0.15, 0.2) is 6.29 Å². The monoisotopic (exact) mass is 187 g/mol. The number of hydrogen-bond acceptors (Lipinski definition) is 4. The van der Waals surface area contributed by atoms with Crippen LogP contribution in [0.2, 0.25) is 0 Å². The maximum absolute atomic E-state index is 8.73. The van der Waals surface area contributed by atoms with Crippen LogP contribution in [0.15, 0.2) is 0 Å². The fourth-order valence-electron chi connectivity index (χ4n) is 1.92. The predicted octanol–water partition coefficient (Wildman–Crippen LogP) is -0.138. The largest absolute Gasteiger partial charge is 0.396 e. The van der Waals surface area contributed by atoms with E-state index in [-0.39, 0.29) is 19.0 Å². The maximum atomic E-state index is 8.73. The van der Waals surface area contributed by atoms with E-state index in [1.807, 2.05) is 0 Å². The summed E-state index contributed by atoms with van der Waals surface area (Å²) in [6.45, 7) is 1.88. The normalized spacial score (nSPS) is 39.9. The van der Waals surface area contributed by atoms with E-state index in [1.165, 1.54) is 6.42 Å². The highest BCUT2D eigenvalue weighted by Crippen LogP contribution is 2.21. The van der Waals surface area contributed by atoms with Gasteiger partial charge >= 0.3 is 0 Å². The molecule has 2 heterocycles. The Bertz CT molecular complexity index is 159. The third-order valence-electron chi connectivity index (χ3n) is 2.65. The van der Waals surface area contributed by atoms with Crippen LogP contribution in [0.1, 0.15) is 19.3 Å². The fourth-order valence-corrected chi connectivity index (χ4v) is 1.92. The number of hydrogen-bond donors (Lipinski definition) is 2. The van der Waals surface area contributed by atoms with Crippen LogP contribution in [0.5, 0.6) is 0 Å². The van der Waals surface area contributed by atoms with Crippen molar-refractivity contribution in [2.24, 2.45) is 0 Å². The minimum absolute atomic E-state index is 0.0842. The fraction of sp³-hybridized carbons (Fsp3) is 1.00. The summed E-state index contributed by atoms with van der Waals surface area (Å²) >= 11 is 0. The average Bonchev–Trinajstić information content (AvgIpc) is 2.70. The first-order valence-electron chi connectivity index (χ1n) is 5.01. The summed E-state index contributed by atoms with van der Waals surface area (Å²) in [5, 5.41) is 12.1. The molecule has 0 amide bonds. The van der Waals surface area contributed by atoms with Crippen molar-refractivity contribution in [3.63, 3.8) is 0 Å². The van der Waals surface area contributed by atoms with Gasteiger partial charge < -0.3 is 19.9 Å². The number of ether oxygens (including phenoxy) is 2. The molecule has 3 atom stereocenters. The Morgan fingerprint density at radius 1 is 1.46 bits per heavy atom. The molecule has 2 aliphatic rings. The van der Waals surface area contributed by atoms with Crippen molar-refractivity contribution < 1.29 is 14.6 Å². The second kappa shape index (κ2) is 4.37. The SMILES string of the molecule is OCCC1COC(C2CCCN2)O1. The molecule has 4 nitrogen and oxygen atoms in total. The molecule has 13 heavy (non-hydrogen) atoms. The summed E-state index contributed by atoms with van der Waals surface area (Å²) in [6, 6.07) is 0.365.